The normalized spacial score (nSPS) is 11.1. The second-order valence-electron chi connectivity index (χ2n) is 14.0. The van der Waals surface area contributed by atoms with Crippen molar-refractivity contribution in [3.05, 3.63) is 192 Å². The van der Waals surface area contributed by atoms with Gasteiger partial charge in [0.1, 0.15) is 0 Å². The predicted octanol–water partition coefficient (Wildman–Crippen LogP) is 12.5. The van der Waals surface area contributed by atoms with E-state index in [-0.39, 0.29) is 21.1 Å². The minimum absolute atomic E-state index is 0. The van der Waals surface area contributed by atoms with Crippen LogP contribution in [0.5, 0.6) is 0 Å². The van der Waals surface area contributed by atoms with Gasteiger partial charge in [0.15, 0.2) is 0 Å². The topological polar surface area (TPSA) is 35.6 Å². The number of aryl methyl sites for hydroxylation is 4. The largest absolute Gasteiger partial charge is 2.00 e. The first kappa shape index (κ1) is 35.9. The molecule has 0 bridgehead atoms. The molecule has 0 radical (unpaired) electrons. The third kappa shape index (κ3) is 6.58. The van der Waals surface area contributed by atoms with Gasteiger partial charge in [-0.15, -0.1) is 59.7 Å². The minimum atomic E-state index is 0. The molecule has 6 aromatic carbocycles. The zero-order valence-corrected chi connectivity index (χ0v) is 33.4. The molecule has 4 aromatic heterocycles. The predicted molar refractivity (Wildman–Crippen MR) is 225 cm³/mol. The van der Waals surface area contributed by atoms with E-state index in [1.807, 2.05) is 73.1 Å². The van der Waals surface area contributed by atoms with Gasteiger partial charge in [-0.3, -0.25) is 0 Å². The van der Waals surface area contributed by atoms with Crippen LogP contribution in [0, 0.1) is 39.8 Å². The van der Waals surface area contributed by atoms with Gasteiger partial charge in [0, 0.05) is 56.0 Å². The molecule has 0 aliphatic carbocycles. The number of hydrogen-bond donors (Lipinski definition) is 0. The van der Waals surface area contributed by atoms with E-state index in [4.69, 9.17) is 0 Å². The van der Waals surface area contributed by atoms with E-state index in [0.717, 1.165) is 33.9 Å². The van der Waals surface area contributed by atoms with Crippen LogP contribution in [0.25, 0.3) is 77.5 Å². The van der Waals surface area contributed by atoms with Crippen LogP contribution in [0.2, 0.25) is 0 Å². The Hall–Kier alpha value is -6.09. The Morgan fingerprint density at radius 3 is 1.05 bits per heavy atom. The zero-order chi connectivity index (χ0) is 36.8. The second-order valence-corrected chi connectivity index (χ2v) is 14.0. The van der Waals surface area contributed by atoms with Gasteiger partial charge >= 0.3 is 21.1 Å². The summed E-state index contributed by atoms with van der Waals surface area (Å²) >= 11 is 0. The van der Waals surface area contributed by atoms with Crippen LogP contribution in [0.1, 0.15) is 22.3 Å². The Kier molecular flexibility index (Phi) is 9.78. The van der Waals surface area contributed by atoms with Gasteiger partial charge in [-0.1, -0.05) is 72.8 Å². The number of aromatic nitrogens is 4. The SMILES string of the molecule is Cc1ccc2c3ccc(C)cc3n(-c3ccc[c-]c3-c3ccccn3)c2c1.Cc1ccc2c3ccc(C)cc3n(-c3ccc[c-]c3-c3ccccn3)c2c1.[Pt+2]. The molecule has 0 aliphatic heterocycles. The van der Waals surface area contributed by atoms with E-state index < -0.39 is 0 Å². The van der Waals surface area contributed by atoms with E-state index in [2.05, 4.69) is 144 Å². The smallest absolute Gasteiger partial charge is 0.351 e. The van der Waals surface area contributed by atoms with Crippen molar-refractivity contribution < 1.29 is 21.1 Å². The van der Waals surface area contributed by atoms with Crippen LogP contribution >= 0.6 is 0 Å². The van der Waals surface area contributed by atoms with Crippen molar-refractivity contribution in [3.8, 4) is 33.9 Å². The Balaban J connectivity index is 0.000000153. The minimum Gasteiger partial charge on any atom is -0.351 e. The van der Waals surface area contributed by atoms with Crippen molar-refractivity contribution in [3.63, 3.8) is 0 Å². The number of nitrogens with zero attached hydrogens (tertiary/aromatic N) is 4. The molecule has 0 atom stereocenters. The molecule has 5 heteroatoms. The number of pyridine rings is 2. The molecule has 55 heavy (non-hydrogen) atoms. The fourth-order valence-corrected chi connectivity index (χ4v) is 7.66. The fraction of sp³-hybridized carbons (Fsp3) is 0.0800. The molecule has 0 amide bonds. The first-order valence-corrected chi connectivity index (χ1v) is 18.3. The van der Waals surface area contributed by atoms with Gasteiger partial charge in [-0.2, -0.15) is 0 Å². The maximum Gasteiger partial charge on any atom is 2.00 e. The summed E-state index contributed by atoms with van der Waals surface area (Å²) in [6.07, 6.45) is 3.67. The van der Waals surface area contributed by atoms with Crippen LogP contribution in [-0.2, 0) is 21.1 Å². The zero-order valence-electron chi connectivity index (χ0n) is 31.1. The number of fused-ring (bicyclic) bond motifs is 6. The van der Waals surface area contributed by atoms with Crippen LogP contribution in [0.15, 0.2) is 158 Å². The standard InChI is InChI=1S/2C25H19N2.Pt/c2*1-17-10-12-19-20-13-11-18(2)16-25(20)27(24(19)15-17)23-9-4-3-7-21(23)22-8-5-6-14-26-22;/h2*3-6,8-16H,1-2H3;/q2*-1;+2. The van der Waals surface area contributed by atoms with E-state index in [1.165, 1.54) is 65.9 Å². The van der Waals surface area contributed by atoms with Gasteiger partial charge in [0.2, 0.25) is 0 Å². The molecule has 10 aromatic rings. The maximum atomic E-state index is 4.57. The quantitative estimate of drug-likeness (QED) is 0.165. The van der Waals surface area contributed by atoms with Crippen LogP contribution in [0.4, 0.5) is 0 Å². The number of hydrogen-bond acceptors (Lipinski definition) is 2. The molecule has 0 fully saturated rings. The molecule has 0 N–H and O–H groups in total. The van der Waals surface area contributed by atoms with Gasteiger partial charge < -0.3 is 19.1 Å². The summed E-state index contributed by atoms with van der Waals surface area (Å²) in [5.41, 5.74) is 16.0. The molecule has 0 aliphatic rings. The molecule has 0 spiro atoms. The summed E-state index contributed by atoms with van der Waals surface area (Å²) in [5.74, 6) is 0. The van der Waals surface area contributed by atoms with Crippen molar-refractivity contribution in [1.82, 2.24) is 19.1 Å². The van der Waals surface area contributed by atoms with E-state index in [9.17, 15) is 0 Å². The first-order valence-electron chi connectivity index (χ1n) is 18.3. The summed E-state index contributed by atoms with van der Waals surface area (Å²) in [5, 5.41) is 5.08. The van der Waals surface area contributed by atoms with Crippen molar-refractivity contribution in [1.29, 1.82) is 0 Å². The Labute approximate surface area is 336 Å². The monoisotopic (exact) mass is 889 g/mol. The van der Waals surface area contributed by atoms with Gasteiger partial charge in [0.05, 0.1) is 0 Å². The molecular weight excluding hydrogens is 852 g/mol. The van der Waals surface area contributed by atoms with Crippen LogP contribution < -0.4 is 0 Å². The van der Waals surface area contributed by atoms with Crippen LogP contribution in [-0.4, -0.2) is 19.1 Å². The first-order chi connectivity index (χ1) is 26.4. The average molecular weight is 890 g/mol. The Bertz CT molecular complexity index is 2650. The number of benzene rings is 6. The van der Waals surface area contributed by atoms with Crippen molar-refractivity contribution in [2.24, 2.45) is 0 Å². The molecular formula is C50H38N4Pt. The van der Waals surface area contributed by atoms with Crippen LogP contribution in [0.3, 0.4) is 0 Å². The number of rotatable bonds is 4. The summed E-state index contributed by atoms with van der Waals surface area (Å²) in [6, 6.07) is 57.9. The average Bonchev–Trinajstić information content (AvgIpc) is 3.69. The van der Waals surface area contributed by atoms with E-state index in [0.29, 0.717) is 0 Å². The van der Waals surface area contributed by atoms with E-state index in [1.54, 1.807) is 0 Å². The van der Waals surface area contributed by atoms with Gasteiger partial charge in [-0.25, -0.2) is 0 Å². The third-order valence-electron chi connectivity index (χ3n) is 10.1. The van der Waals surface area contributed by atoms with Gasteiger partial charge in [-0.05, 0) is 109 Å². The molecule has 4 nitrogen and oxygen atoms in total. The third-order valence-corrected chi connectivity index (χ3v) is 10.1. The molecule has 268 valence electrons. The summed E-state index contributed by atoms with van der Waals surface area (Å²) < 4.78 is 4.70. The summed E-state index contributed by atoms with van der Waals surface area (Å²) in [6.45, 7) is 8.57. The summed E-state index contributed by atoms with van der Waals surface area (Å²) in [7, 11) is 0. The fourth-order valence-electron chi connectivity index (χ4n) is 7.66. The van der Waals surface area contributed by atoms with E-state index >= 15 is 0 Å². The van der Waals surface area contributed by atoms with Crippen molar-refractivity contribution in [2.45, 2.75) is 27.7 Å². The molecule has 10 rings (SSSR count). The Morgan fingerprint density at radius 1 is 0.400 bits per heavy atom. The van der Waals surface area contributed by atoms with Crippen molar-refractivity contribution in [2.75, 3.05) is 0 Å². The molecule has 0 saturated carbocycles. The second kappa shape index (κ2) is 15.0. The molecule has 0 saturated heterocycles. The maximum absolute atomic E-state index is 4.57. The van der Waals surface area contributed by atoms with Gasteiger partial charge in [0.25, 0.3) is 0 Å². The molecule has 4 heterocycles. The molecule has 0 unspecified atom stereocenters. The van der Waals surface area contributed by atoms with Crippen molar-refractivity contribution >= 4 is 43.6 Å². The summed E-state index contributed by atoms with van der Waals surface area (Å²) in [4.78, 5) is 9.14. The Morgan fingerprint density at radius 2 is 0.745 bits per heavy atom.